The van der Waals surface area contributed by atoms with Crippen LogP contribution in [0.4, 0.5) is 26.7 Å². The number of hydrogen-bond donors (Lipinski definition) is 1. The Morgan fingerprint density at radius 1 is 1.30 bits per heavy atom. The SMILES string of the molecule is O=C1NC2(CO1)CN(C(=O)c1sc3c(C(F)(F)F)cccc3c1C(F)F)C2. The van der Waals surface area contributed by atoms with E-state index in [1.54, 1.807) is 0 Å². The molecule has 2 saturated heterocycles. The third-order valence-electron chi connectivity index (χ3n) is 4.59. The summed E-state index contributed by atoms with van der Waals surface area (Å²) in [6.07, 6.45) is -8.46. The Labute approximate surface area is 152 Å². The highest BCUT2D eigenvalue weighted by atomic mass is 32.1. The number of hydrogen-bond acceptors (Lipinski definition) is 4. The van der Waals surface area contributed by atoms with Crippen molar-refractivity contribution in [2.45, 2.75) is 18.1 Å². The van der Waals surface area contributed by atoms with Crippen molar-refractivity contribution in [1.82, 2.24) is 10.2 Å². The summed E-state index contributed by atoms with van der Waals surface area (Å²) in [7, 11) is 0. The number of ether oxygens (including phenoxy) is 1. The van der Waals surface area contributed by atoms with Gasteiger partial charge in [-0.05, 0) is 6.07 Å². The monoisotopic (exact) mass is 406 g/mol. The van der Waals surface area contributed by atoms with Gasteiger partial charge < -0.3 is 15.0 Å². The zero-order chi connectivity index (χ0) is 19.6. The second-order valence-corrected chi connectivity index (χ2v) is 7.49. The second kappa shape index (κ2) is 5.78. The number of alkyl halides is 5. The molecule has 11 heteroatoms. The lowest BCUT2D eigenvalue weighted by Gasteiger charge is -2.45. The molecule has 0 unspecified atom stereocenters. The second-order valence-electron chi connectivity index (χ2n) is 6.47. The molecule has 0 radical (unpaired) electrons. The molecule has 2 aliphatic rings. The highest BCUT2D eigenvalue weighted by molar-refractivity contribution is 7.21. The average Bonchev–Trinajstić information content (AvgIpc) is 3.12. The molecule has 27 heavy (non-hydrogen) atoms. The number of cyclic esters (lactones) is 1. The zero-order valence-electron chi connectivity index (χ0n) is 13.4. The number of likely N-dealkylation sites (tertiary alicyclic amines) is 1. The Kier molecular flexibility index (Phi) is 3.85. The summed E-state index contributed by atoms with van der Waals surface area (Å²) >= 11 is 0.413. The number of nitrogens with zero attached hydrogens (tertiary/aromatic N) is 1. The van der Waals surface area contributed by atoms with Crippen LogP contribution in [-0.4, -0.2) is 42.1 Å². The fourth-order valence-corrected chi connectivity index (χ4v) is 4.68. The van der Waals surface area contributed by atoms with Gasteiger partial charge in [0, 0.05) is 28.7 Å². The Hall–Kier alpha value is -2.43. The van der Waals surface area contributed by atoms with Crippen LogP contribution >= 0.6 is 11.3 Å². The molecule has 0 atom stereocenters. The van der Waals surface area contributed by atoms with Gasteiger partial charge in [-0.3, -0.25) is 4.79 Å². The van der Waals surface area contributed by atoms with Crippen LogP contribution in [0.15, 0.2) is 18.2 Å². The third kappa shape index (κ3) is 2.80. The highest BCUT2D eigenvalue weighted by Crippen LogP contribution is 2.44. The maximum atomic E-state index is 13.6. The van der Waals surface area contributed by atoms with Crippen molar-refractivity contribution in [3.8, 4) is 0 Å². The highest BCUT2D eigenvalue weighted by Gasteiger charge is 2.52. The quantitative estimate of drug-likeness (QED) is 0.772. The van der Waals surface area contributed by atoms with Crippen LogP contribution in [0.5, 0.6) is 0 Å². The van der Waals surface area contributed by atoms with Crippen molar-refractivity contribution in [1.29, 1.82) is 0 Å². The van der Waals surface area contributed by atoms with Crippen molar-refractivity contribution in [3.63, 3.8) is 0 Å². The molecule has 1 spiro atoms. The molecule has 1 N–H and O–H groups in total. The van der Waals surface area contributed by atoms with Gasteiger partial charge in [-0.1, -0.05) is 12.1 Å². The van der Waals surface area contributed by atoms with E-state index in [1.807, 2.05) is 0 Å². The molecule has 0 saturated carbocycles. The summed E-state index contributed by atoms with van der Waals surface area (Å²) in [6, 6.07) is 3.00. The number of carbonyl (C=O) groups is 2. The van der Waals surface area contributed by atoms with E-state index < -0.39 is 50.8 Å². The van der Waals surface area contributed by atoms with E-state index in [2.05, 4.69) is 5.32 Å². The number of benzene rings is 1. The lowest BCUT2D eigenvalue weighted by molar-refractivity contribution is -0.136. The minimum absolute atomic E-state index is 0.0423. The van der Waals surface area contributed by atoms with Crippen LogP contribution in [0.1, 0.15) is 27.2 Å². The number of rotatable bonds is 2. The zero-order valence-corrected chi connectivity index (χ0v) is 14.2. The maximum absolute atomic E-state index is 13.6. The Bertz CT molecular complexity index is 949. The van der Waals surface area contributed by atoms with Crippen molar-refractivity contribution >= 4 is 33.4 Å². The standard InChI is InChI=1S/C16H11F5N2O3S/c17-12(18)9-7-2-1-3-8(16(19,20)21)10(7)27-11(9)13(24)23-4-15(5-23)6-26-14(25)22-15/h1-3,12H,4-6H2,(H,22,25). The van der Waals surface area contributed by atoms with E-state index >= 15 is 0 Å². The average molecular weight is 406 g/mol. The fourth-order valence-electron chi connectivity index (χ4n) is 3.37. The largest absolute Gasteiger partial charge is 0.447 e. The van der Waals surface area contributed by atoms with Crippen LogP contribution in [0.3, 0.4) is 0 Å². The Morgan fingerprint density at radius 3 is 2.56 bits per heavy atom. The first-order chi connectivity index (χ1) is 12.6. The van der Waals surface area contributed by atoms with Gasteiger partial charge >= 0.3 is 12.3 Å². The minimum Gasteiger partial charge on any atom is -0.447 e. The third-order valence-corrected chi connectivity index (χ3v) is 5.84. The molecule has 2 aromatic rings. The topological polar surface area (TPSA) is 58.6 Å². The normalized spacial score (nSPS) is 18.7. The van der Waals surface area contributed by atoms with E-state index in [-0.39, 0.29) is 25.1 Å². The molecule has 1 aromatic carbocycles. The number of nitrogens with one attached hydrogen (secondary N) is 1. The summed E-state index contributed by atoms with van der Waals surface area (Å²) in [6.45, 7) is 0.128. The number of carbonyl (C=O) groups excluding carboxylic acids is 2. The first-order valence-corrected chi connectivity index (χ1v) is 8.58. The Balaban J connectivity index is 1.72. The van der Waals surface area contributed by atoms with Crippen molar-refractivity contribution < 1.29 is 36.3 Å². The minimum atomic E-state index is -4.73. The molecule has 2 aliphatic heterocycles. The van der Waals surface area contributed by atoms with Crippen LogP contribution in [-0.2, 0) is 10.9 Å². The van der Waals surface area contributed by atoms with E-state index in [0.29, 0.717) is 11.3 Å². The molecule has 4 rings (SSSR count). The number of alkyl carbamates (subject to hydrolysis) is 1. The number of halogens is 5. The van der Waals surface area contributed by atoms with Crippen LogP contribution in [0.2, 0.25) is 0 Å². The first kappa shape index (κ1) is 18.0. The van der Waals surface area contributed by atoms with Crippen molar-refractivity contribution in [3.05, 3.63) is 34.2 Å². The molecule has 3 heterocycles. The van der Waals surface area contributed by atoms with E-state index in [1.165, 1.54) is 4.90 Å². The summed E-state index contributed by atoms with van der Waals surface area (Å²) in [4.78, 5) is 24.6. The van der Waals surface area contributed by atoms with Crippen molar-refractivity contribution in [2.24, 2.45) is 0 Å². The molecule has 2 amide bonds. The molecule has 144 valence electrons. The Morgan fingerprint density at radius 2 is 2.00 bits per heavy atom. The lowest BCUT2D eigenvalue weighted by atomic mass is 9.91. The van der Waals surface area contributed by atoms with Crippen LogP contribution < -0.4 is 5.32 Å². The number of amides is 2. The van der Waals surface area contributed by atoms with Gasteiger partial charge in [-0.25, -0.2) is 13.6 Å². The predicted molar refractivity (Wildman–Crippen MR) is 84.9 cm³/mol. The van der Waals surface area contributed by atoms with E-state index in [9.17, 15) is 31.5 Å². The maximum Gasteiger partial charge on any atom is 0.417 e. The molecule has 2 fully saturated rings. The van der Waals surface area contributed by atoms with Gasteiger partial charge in [-0.15, -0.1) is 11.3 Å². The van der Waals surface area contributed by atoms with Gasteiger partial charge in [0.1, 0.15) is 17.0 Å². The number of fused-ring (bicyclic) bond motifs is 1. The molecular formula is C16H11F5N2O3S. The van der Waals surface area contributed by atoms with Gasteiger partial charge in [0.2, 0.25) is 0 Å². The van der Waals surface area contributed by atoms with Gasteiger partial charge in [0.15, 0.2) is 0 Å². The van der Waals surface area contributed by atoms with Crippen LogP contribution in [0.25, 0.3) is 10.1 Å². The summed E-state index contributed by atoms with van der Waals surface area (Å²) < 4.78 is 71.2. The van der Waals surface area contributed by atoms with E-state index in [0.717, 1.165) is 18.2 Å². The van der Waals surface area contributed by atoms with Gasteiger partial charge in [-0.2, -0.15) is 13.2 Å². The molecular weight excluding hydrogens is 395 g/mol. The summed E-state index contributed by atoms with van der Waals surface area (Å²) in [5, 5.41) is 2.27. The lowest BCUT2D eigenvalue weighted by Crippen LogP contribution is -2.69. The van der Waals surface area contributed by atoms with Crippen LogP contribution in [0, 0.1) is 0 Å². The smallest absolute Gasteiger partial charge is 0.417 e. The van der Waals surface area contributed by atoms with Crippen molar-refractivity contribution in [2.75, 3.05) is 19.7 Å². The summed E-state index contributed by atoms with van der Waals surface area (Å²) in [5.74, 6) is -0.786. The first-order valence-electron chi connectivity index (χ1n) is 7.76. The number of thiophene rings is 1. The molecule has 5 nitrogen and oxygen atoms in total. The fraction of sp³-hybridized carbons (Fsp3) is 0.375. The van der Waals surface area contributed by atoms with Gasteiger partial charge in [0.05, 0.1) is 5.56 Å². The predicted octanol–water partition coefficient (Wildman–Crippen LogP) is 3.79. The van der Waals surface area contributed by atoms with E-state index in [4.69, 9.17) is 4.74 Å². The molecule has 0 aliphatic carbocycles. The summed E-state index contributed by atoms with van der Waals surface area (Å²) in [5.41, 5.74) is -2.51. The van der Waals surface area contributed by atoms with Gasteiger partial charge in [0.25, 0.3) is 12.3 Å². The molecule has 1 aromatic heterocycles. The molecule has 0 bridgehead atoms.